The lowest BCUT2D eigenvalue weighted by atomic mass is 9.97. The first-order chi connectivity index (χ1) is 23.1. The van der Waals surface area contributed by atoms with E-state index in [1.807, 2.05) is 63.7 Å². The number of benzene rings is 2. The fourth-order valence-electron chi connectivity index (χ4n) is 7.03. The molecule has 2 aliphatic heterocycles. The first-order valence-electron chi connectivity index (χ1n) is 17.4. The number of H-pyrrole nitrogens is 2. The summed E-state index contributed by atoms with van der Waals surface area (Å²) in [5.74, 6) is 1.56. The molecule has 2 amide bonds. The summed E-state index contributed by atoms with van der Waals surface area (Å²) >= 11 is 0. The number of amides is 2. The van der Waals surface area contributed by atoms with Crippen molar-refractivity contribution in [3.05, 3.63) is 72.1 Å². The van der Waals surface area contributed by atoms with Crippen LogP contribution in [0.15, 0.2) is 54.9 Å². The third-order valence-corrected chi connectivity index (χ3v) is 9.41. The van der Waals surface area contributed by atoms with Crippen LogP contribution in [0.3, 0.4) is 0 Å². The Kier molecular flexibility index (Phi) is 9.11. The van der Waals surface area contributed by atoms with E-state index in [2.05, 4.69) is 78.2 Å². The molecule has 4 atom stereocenters. The molecular formula is C39H50N6O4. The maximum atomic E-state index is 13.0. The van der Waals surface area contributed by atoms with Gasteiger partial charge in [-0.05, 0) is 110 Å². The Hall–Kier alpha value is -4.60. The molecule has 2 aromatic carbocycles. The number of aromatic amines is 2. The van der Waals surface area contributed by atoms with E-state index in [0.717, 1.165) is 76.5 Å². The summed E-state index contributed by atoms with van der Waals surface area (Å²) in [6, 6.07) is 14.8. The molecule has 2 saturated heterocycles. The van der Waals surface area contributed by atoms with Gasteiger partial charge in [0.05, 0.1) is 35.9 Å². The number of rotatable bonds is 5. The molecule has 10 nitrogen and oxygen atoms in total. The van der Waals surface area contributed by atoms with Gasteiger partial charge in [-0.15, -0.1) is 0 Å². The van der Waals surface area contributed by atoms with Gasteiger partial charge in [-0.3, -0.25) is 9.80 Å². The van der Waals surface area contributed by atoms with Crippen molar-refractivity contribution < 1.29 is 19.1 Å². The average Bonchev–Trinajstić information content (AvgIpc) is 3.82. The highest BCUT2D eigenvalue weighted by Gasteiger charge is 2.40. The summed E-state index contributed by atoms with van der Waals surface area (Å²) in [5.41, 5.74) is 6.17. The molecule has 0 spiro atoms. The van der Waals surface area contributed by atoms with Crippen LogP contribution < -0.4 is 0 Å². The molecule has 2 N–H and O–H groups in total. The van der Waals surface area contributed by atoms with Crippen molar-refractivity contribution in [3.8, 4) is 33.6 Å². The molecule has 260 valence electrons. The van der Waals surface area contributed by atoms with E-state index < -0.39 is 11.2 Å². The van der Waals surface area contributed by atoms with Gasteiger partial charge < -0.3 is 19.4 Å². The van der Waals surface area contributed by atoms with Crippen molar-refractivity contribution in [3.63, 3.8) is 0 Å². The van der Waals surface area contributed by atoms with Gasteiger partial charge in [0.15, 0.2) is 0 Å². The zero-order valence-electron chi connectivity index (χ0n) is 30.3. The van der Waals surface area contributed by atoms with Crippen LogP contribution in [0.5, 0.6) is 0 Å². The van der Waals surface area contributed by atoms with Gasteiger partial charge in [0.25, 0.3) is 0 Å². The van der Waals surface area contributed by atoms with E-state index in [-0.39, 0.29) is 36.4 Å². The van der Waals surface area contributed by atoms with E-state index in [9.17, 15) is 9.59 Å². The molecule has 4 aromatic rings. The van der Waals surface area contributed by atoms with E-state index >= 15 is 0 Å². The largest absolute Gasteiger partial charge is 0.444 e. The molecule has 0 aliphatic carbocycles. The average molecular weight is 667 g/mol. The summed E-state index contributed by atoms with van der Waals surface area (Å²) in [5, 5.41) is 0. The standard InChI is InChI=1S/C39H50N6O4/c1-23-20-28(16-17-29(23)31-22-41-35(43-31)33-19-11-25(3)45(33)37(47)49-39(7,8)9)26-12-14-27(15-13-26)30-21-40-34(42-30)32-18-10-24(2)44(32)36(46)48-38(4,5)6/h12-17,20-22,24-25,32-33H,10-11,18-19H2,1-9H3,(H,40,42)(H,41,43)/t24-,25-,32-,33-/m0/s1. The molecule has 2 aromatic heterocycles. The third kappa shape index (κ3) is 7.38. The molecule has 2 fully saturated rings. The van der Waals surface area contributed by atoms with Crippen LogP contribution in [-0.2, 0) is 9.47 Å². The van der Waals surface area contributed by atoms with Crippen molar-refractivity contribution in [2.24, 2.45) is 0 Å². The molecular weight excluding hydrogens is 616 g/mol. The van der Waals surface area contributed by atoms with Gasteiger partial charge in [-0.25, -0.2) is 19.6 Å². The van der Waals surface area contributed by atoms with Gasteiger partial charge in [0, 0.05) is 17.6 Å². The van der Waals surface area contributed by atoms with Crippen LogP contribution in [0.2, 0.25) is 0 Å². The first-order valence-corrected chi connectivity index (χ1v) is 17.4. The minimum absolute atomic E-state index is 0.0850. The second kappa shape index (κ2) is 13.0. The molecule has 0 bridgehead atoms. The Bertz CT molecular complexity index is 1810. The van der Waals surface area contributed by atoms with E-state index in [4.69, 9.17) is 14.5 Å². The third-order valence-electron chi connectivity index (χ3n) is 9.41. The Morgan fingerprint density at radius 2 is 1.12 bits per heavy atom. The van der Waals surface area contributed by atoms with Crippen molar-refractivity contribution in [2.45, 2.75) is 123 Å². The lowest BCUT2D eigenvalue weighted by Crippen LogP contribution is -2.40. The van der Waals surface area contributed by atoms with Crippen LogP contribution in [0.4, 0.5) is 9.59 Å². The lowest BCUT2D eigenvalue weighted by Gasteiger charge is -2.30. The van der Waals surface area contributed by atoms with E-state index in [0.29, 0.717) is 0 Å². The Morgan fingerprint density at radius 3 is 1.61 bits per heavy atom. The minimum Gasteiger partial charge on any atom is -0.444 e. The number of carbonyl (C=O) groups is 2. The number of hydrogen-bond acceptors (Lipinski definition) is 6. The number of ether oxygens (including phenoxy) is 2. The smallest absolute Gasteiger partial charge is 0.411 e. The predicted molar refractivity (Wildman–Crippen MR) is 191 cm³/mol. The summed E-state index contributed by atoms with van der Waals surface area (Å²) in [6.07, 6.45) is 6.59. The molecule has 0 radical (unpaired) electrons. The number of aromatic nitrogens is 4. The number of likely N-dealkylation sites (tertiary alicyclic amines) is 2. The fraction of sp³-hybridized carbons (Fsp3) is 0.487. The van der Waals surface area contributed by atoms with Crippen molar-refractivity contribution in [2.75, 3.05) is 0 Å². The zero-order chi connectivity index (χ0) is 35.2. The molecule has 10 heteroatoms. The molecule has 4 heterocycles. The second-order valence-electron chi connectivity index (χ2n) is 15.6. The number of hydrogen-bond donors (Lipinski definition) is 2. The number of carbonyl (C=O) groups excluding carboxylic acids is 2. The van der Waals surface area contributed by atoms with Crippen molar-refractivity contribution >= 4 is 12.2 Å². The number of imidazole rings is 2. The second-order valence-corrected chi connectivity index (χ2v) is 15.6. The minimum atomic E-state index is -0.554. The number of nitrogens with one attached hydrogen (secondary N) is 2. The van der Waals surface area contributed by atoms with Crippen LogP contribution in [-0.4, -0.2) is 65.2 Å². The number of aryl methyl sites for hydroxylation is 1. The van der Waals surface area contributed by atoms with Crippen LogP contribution in [0, 0.1) is 6.92 Å². The van der Waals surface area contributed by atoms with Gasteiger partial charge >= 0.3 is 12.2 Å². The fourth-order valence-corrected chi connectivity index (χ4v) is 7.03. The highest BCUT2D eigenvalue weighted by Crippen LogP contribution is 2.39. The van der Waals surface area contributed by atoms with Crippen LogP contribution in [0.1, 0.15) is 110 Å². The molecule has 6 rings (SSSR count). The first kappa shape index (κ1) is 34.3. The van der Waals surface area contributed by atoms with Gasteiger partial charge in [0.1, 0.15) is 22.9 Å². The SMILES string of the molecule is Cc1cc(-c2ccc(-c3cnc([C@@H]4CC[C@H](C)N4C(=O)OC(C)(C)C)[nH]3)cc2)ccc1-c1cnc([C@@H]2CC[C@H](C)N2C(=O)OC(C)(C)C)[nH]1. The van der Waals surface area contributed by atoms with Crippen molar-refractivity contribution in [1.82, 2.24) is 29.7 Å². The Morgan fingerprint density at radius 1 is 0.673 bits per heavy atom. The molecule has 0 unspecified atom stereocenters. The normalized spacial score (nSPS) is 21.3. The Balaban J connectivity index is 1.15. The topological polar surface area (TPSA) is 116 Å². The van der Waals surface area contributed by atoms with E-state index in [1.165, 1.54) is 0 Å². The highest BCUT2D eigenvalue weighted by molar-refractivity contribution is 5.74. The Labute approximate surface area is 289 Å². The van der Waals surface area contributed by atoms with Crippen LogP contribution in [0.25, 0.3) is 33.6 Å². The maximum Gasteiger partial charge on any atom is 0.411 e. The van der Waals surface area contributed by atoms with Gasteiger partial charge in [-0.2, -0.15) is 0 Å². The highest BCUT2D eigenvalue weighted by atomic mass is 16.6. The zero-order valence-corrected chi connectivity index (χ0v) is 30.3. The van der Waals surface area contributed by atoms with Gasteiger partial charge in [0.2, 0.25) is 0 Å². The summed E-state index contributed by atoms with van der Waals surface area (Å²) in [4.78, 5) is 46.1. The monoisotopic (exact) mass is 666 g/mol. The maximum absolute atomic E-state index is 13.0. The van der Waals surface area contributed by atoms with Crippen molar-refractivity contribution in [1.29, 1.82) is 0 Å². The summed E-state index contributed by atoms with van der Waals surface area (Å²) < 4.78 is 11.4. The number of nitrogens with zero attached hydrogens (tertiary/aromatic N) is 4. The summed E-state index contributed by atoms with van der Waals surface area (Å²) in [7, 11) is 0. The molecule has 2 aliphatic rings. The van der Waals surface area contributed by atoms with Crippen LogP contribution >= 0.6 is 0 Å². The molecule has 0 saturated carbocycles. The quantitative estimate of drug-likeness (QED) is 0.219. The van der Waals surface area contributed by atoms with E-state index in [1.54, 1.807) is 0 Å². The summed E-state index contributed by atoms with van der Waals surface area (Å²) in [6.45, 7) is 17.6. The lowest BCUT2D eigenvalue weighted by molar-refractivity contribution is 0.0141. The predicted octanol–water partition coefficient (Wildman–Crippen LogP) is 9.36. The van der Waals surface area contributed by atoms with Gasteiger partial charge in [-0.1, -0.05) is 42.5 Å². The molecule has 49 heavy (non-hydrogen) atoms.